The summed E-state index contributed by atoms with van der Waals surface area (Å²) in [6, 6.07) is 5.30. The molecule has 156 valence electrons. The van der Waals surface area contributed by atoms with Gasteiger partial charge in [-0.2, -0.15) is 5.26 Å². The molecule has 2 amide bonds. The number of carbonyl (C=O) groups is 3. The first-order chi connectivity index (χ1) is 14.0. The quantitative estimate of drug-likeness (QED) is 0.572. The zero-order valence-electron chi connectivity index (χ0n) is 16.7. The van der Waals surface area contributed by atoms with Crippen molar-refractivity contribution in [3.05, 3.63) is 51.6 Å². The summed E-state index contributed by atoms with van der Waals surface area (Å²) in [5, 5.41) is 14.0. The van der Waals surface area contributed by atoms with Gasteiger partial charge in [0.1, 0.15) is 17.6 Å². The van der Waals surface area contributed by atoms with Crippen LogP contribution in [0.15, 0.2) is 18.2 Å². The van der Waals surface area contributed by atoms with Crippen LogP contribution in [0.2, 0.25) is 5.02 Å². The SMILES string of the molecule is CC(C)(C)NC(=O)C(=O)c1c(Cl)c(C(=O)Nc2ccc(F)c(C#N)c2)n2c1CCC2. The lowest BCUT2D eigenvalue weighted by Gasteiger charge is -2.19. The molecule has 7 nitrogen and oxygen atoms in total. The minimum absolute atomic E-state index is 0.0258. The number of aromatic nitrogens is 1. The number of benzene rings is 1. The molecule has 1 aromatic heterocycles. The third kappa shape index (κ3) is 4.07. The number of nitriles is 1. The van der Waals surface area contributed by atoms with Crippen LogP contribution in [0.25, 0.3) is 0 Å². The minimum Gasteiger partial charge on any atom is -0.345 e. The van der Waals surface area contributed by atoms with Crippen LogP contribution < -0.4 is 10.6 Å². The number of fused-ring (bicyclic) bond motifs is 1. The van der Waals surface area contributed by atoms with Crippen LogP contribution in [0.4, 0.5) is 10.1 Å². The van der Waals surface area contributed by atoms with Crippen LogP contribution in [0.1, 0.15) is 59.3 Å². The highest BCUT2D eigenvalue weighted by atomic mass is 35.5. The van der Waals surface area contributed by atoms with E-state index in [-0.39, 0.29) is 27.5 Å². The fourth-order valence-corrected chi connectivity index (χ4v) is 3.77. The number of rotatable bonds is 4. The molecule has 2 aromatic rings. The molecule has 0 spiro atoms. The number of anilines is 1. The van der Waals surface area contributed by atoms with Gasteiger partial charge in [0, 0.05) is 23.5 Å². The summed E-state index contributed by atoms with van der Waals surface area (Å²) in [6.45, 7) is 5.72. The predicted octanol–water partition coefficient (Wildman–Crippen LogP) is 3.45. The average Bonchev–Trinajstić information content (AvgIpc) is 3.20. The van der Waals surface area contributed by atoms with E-state index in [9.17, 15) is 18.8 Å². The Morgan fingerprint density at radius 3 is 2.60 bits per heavy atom. The third-order valence-electron chi connectivity index (χ3n) is 4.59. The van der Waals surface area contributed by atoms with E-state index in [2.05, 4.69) is 10.6 Å². The zero-order chi connectivity index (χ0) is 22.2. The Morgan fingerprint density at radius 2 is 1.97 bits per heavy atom. The van der Waals surface area contributed by atoms with E-state index in [1.54, 1.807) is 31.4 Å². The second-order valence-corrected chi connectivity index (χ2v) is 8.41. The van der Waals surface area contributed by atoms with E-state index in [1.165, 1.54) is 12.1 Å². The lowest BCUT2D eigenvalue weighted by atomic mass is 10.1. The number of hydrogen-bond donors (Lipinski definition) is 2. The van der Waals surface area contributed by atoms with E-state index in [1.807, 2.05) is 0 Å². The first-order valence-corrected chi connectivity index (χ1v) is 9.70. The standard InChI is InChI=1S/C21H20ClFN4O3/c1-21(2,3)26-20(30)18(28)15-14-5-4-8-27(14)17(16(15)22)19(29)25-12-6-7-13(23)11(9-12)10-24/h6-7,9H,4-5,8H2,1-3H3,(H,25,29)(H,26,30). The molecule has 1 aliphatic rings. The van der Waals surface area contributed by atoms with Crippen molar-refractivity contribution in [3.8, 4) is 6.07 Å². The van der Waals surface area contributed by atoms with Gasteiger partial charge < -0.3 is 15.2 Å². The van der Waals surface area contributed by atoms with Crippen LogP contribution in [0.3, 0.4) is 0 Å². The summed E-state index contributed by atoms with van der Waals surface area (Å²) in [7, 11) is 0. The summed E-state index contributed by atoms with van der Waals surface area (Å²) < 4.78 is 15.2. The first-order valence-electron chi connectivity index (χ1n) is 9.32. The van der Waals surface area contributed by atoms with Gasteiger partial charge in [-0.15, -0.1) is 0 Å². The summed E-state index contributed by atoms with van der Waals surface area (Å²) in [6.07, 6.45) is 1.20. The van der Waals surface area contributed by atoms with Crippen molar-refractivity contribution in [1.29, 1.82) is 5.26 Å². The second kappa shape index (κ2) is 7.92. The van der Waals surface area contributed by atoms with E-state index in [4.69, 9.17) is 16.9 Å². The van der Waals surface area contributed by atoms with Gasteiger partial charge in [0.15, 0.2) is 0 Å². The maximum atomic E-state index is 13.5. The molecule has 0 radical (unpaired) electrons. The van der Waals surface area contributed by atoms with Crippen molar-refractivity contribution in [2.45, 2.75) is 45.7 Å². The molecule has 0 saturated carbocycles. The van der Waals surface area contributed by atoms with Crippen molar-refractivity contribution in [2.24, 2.45) is 0 Å². The summed E-state index contributed by atoms with van der Waals surface area (Å²) >= 11 is 6.41. The van der Waals surface area contributed by atoms with Gasteiger partial charge in [-0.3, -0.25) is 14.4 Å². The van der Waals surface area contributed by atoms with E-state index >= 15 is 0 Å². The predicted molar refractivity (Wildman–Crippen MR) is 109 cm³/mol. The maximum Gasteiger partial charge on any atom is 0.292 e. The number of nitrogens with zero attached hydrogens (tertiary/aromatic N) is 2. The van der Waals surface area contributed by atoms with Crippen LogP contribution >= 0.6 is 11.6 Å². The number of ketones is 1. The molecule has 3 rings (SSSR count). The molecule has 0 unspecified atom stereocenters. The molecule has 2 heterocycles. The smallest absolute Gasteiger partial charge is 0.292 e. The fraction of sp³-hybridized carbons (Fsp3) is 0.333. The van der Waals surface area contributed by atoms with Gasteiger partial charge in [-0.1, -0.05) is 11.6 Å². The molecule has 30 heavy (non-hydrogen) atoms. The number of amides is 2. The number of Topliss-reactive ketones (excluding diaryl/α,β-unsaturated/α-hetero) is 1. The van der Waals surface area contributed by atoms with Crippen molar-refractivity contribution >= 4 is 34.9 Å². The summed E-state index contributed by atoms with van der Waals surface area (Å²) in [4.78, 5) is 38.1. The molecule has 0 bridgehead atoms. The Bertz CT molecular complexity index is 1110. The van der Waals surface area contributed by atoms with Gasteiger partial charge in [0.25, 0.3) is 17.6 Å². The number of halogens is 2. The highest BCUT2D eigenvalue weighted by molar-refractivity contribution is 6.48. The molecule has 0 aliphatic carbocycles. The van der Waals surface area contributed by atoms with Crippen molar-refractivity contribution in [3.63, 3.8) is 0 Å². The molecule has 2 N–H and O–H groups in total. The Hall–Kier alpha value is -3.18. The molecular formula is C21H20ClFN4O3. The molecule has 1 aromatic carbocycles. The Balaban J connectivity index is 1.96. The van der Waals surface area contributed by atoms with Gasteiger partial charge in [-0.25, -0.2) is 4.39 Å². The summed E-state index contributed by atoms with van der Waals surface area (Å²) in [5.74, 6) is -2.91. The van der Waals surface area contributed by atoms with Gasteiger partial charge in [0.05, 0.1) is 16.1 Å². The van der Waals surface area contributed by atoms with Crippen LogP contribution in [-0.4, -0.2) is 27.7 Å². The van der Waals surface area contributed by atoms with Crippen LogP contribution in [0, 0.1) is 17.1 Å². The zero-order valence-corrected chi connectivity index (χ0v) is 17.5. The lowest BCUT2D eigenvalue weighted by molar-refractivity contribution is -0.118. The normalized spacial score (nSPS) is 12.8. The maximum absolute atomic E-state index is 13.5. The molecule has 0 saturated heterocycles. The minimum atomic E-state index is -0.798. The third-order valence-corrected chi connectivity index (χ3v) is 4.96. The fourth-order valence-electron chi connectivity index (χ4n) is 3.39. The highest BCUT2D eigenvalue weighted by Gasteiger charge is 2.35. The van der Waals surface area contributed by atoms with E-state index < -0.39 is 29.0 Å². The largest absolute Gasteiger partial charge is 0.345 e. The summed E-state index contributed by atoms with van der Waals surface area (Å²) in [5.41, 5.74) is 0.00588. The van der Waals surface area contributed by atoms with Crippen molar-refractivity contribution in [2.75, 3.05) is 5.32 Å². The molecule has 0 atom stereocenters. The van der Waals surface area contributed by atoms with E-state index in [0.717, 1.165) is 6.07 Å². The van der Waals surface area contributed by atoms with Gasteiger partial charge >= 0.3 is 0 Å². The molecule has 9 heteroatoms. The number of nitrogens with one attached hydrogen (secondary N) is 2. The highest BCUT2D eigenvalue weighted by Crippen LogP contribution is 2.34. The molecule has 0 fully saturated rings. The van der Waals surface area contributed by atoms with Crippen LogP contribution in [-0.2, 0) is 17.8 Å². The van der Waals surface area contributed by atoms with Crippen molar-refractivity contribution in [1.82, 2.24) is 9.88 Å². The Morgan fingerprint density at radius 1 is 1.27 bits per heavy atom. The monoisotopic (exact) mass is 430 g/mol. The first kappa shape index (κ1) is 21.5. The van der Waals surface area contributed by atoms with Gasteiger partial charge in [-0.05, 0) is 51.8 Å². The second-order valence-electron chi connectivity index (χ2n) is 8.03. The Labute approximate surface area is 177 Å². The van der Waals surface area contributed by atoms with Gasteiger partial charge in [0.2, 0.25) is 0 Å². The average molecular weight is 431 g/mol. The number of carbonyl (C=O) groups excluding carboxylic acids is 3. The molecule has 1 aliphatic heterocycles. The topological polar surface area (TPSA) is 104 Å². The Kier molecular flexibility index (Phi) is 5.68. The van der Waals surface area contributed by atoms with Crippen molar-refractivity contribution < 1.29 is 18.8 Å². The molecular weight excluding hydrogens is 411 g/mol. The lowest BCUT2D eigenvalue weighted by Crippen LogP contribution is -2.44. The van der Waals surface area contributed by atoms with Crippen LogP contribution in [0.5, 0.6) is 0 Å². The van der Waals surface area contributed by atoms with E-state index in [0.29, 0.717) is 25.1 Å². The number of hydrogen-bond acceptors (Lipinski definition) is 4.